The minimum atomic E-state index is -1.68. The van der Waals surface area contributed by atoms with E-state index in [2.05, 4.69) is 16.0 Å². The number of hydrogen-bond donors (Lipinski definition) is 3. The highest BCUT2D eigenvalue weighted by Gasteiger charge is 2.26. The number of rotatable bonds is 5. The molecule has 1 unspecified atom stereocenters. The lowest BCUT2D eigenvalue weighted by Gasteiger charge is -2.22. The molecule has 8 heteroatoms. The molecule has 0 saturated carbocycles. The van der Waals surface area contributed by atoms with Crippen LogP contribution in [0.3, 0.4) is 0 Å². The van der Waals surface area contributed by atoms with Gasteiger partial charge in [0.05, 0.1) is 5.69 Å². The number of anilines is 2. The van der Waals surface area contributed by atoms with Crippen molar-refractivity contribution in [2.24, 2.45) is 5.92 Å². The molecule has 1 atom stereocenters. The van der Waals surface area contributed by atoms with Crippen molar-refractivity contribution in [2.75, 3.05) is 10.6 Å². The molecule has 0 heterocycles. The van der Waals surface area contributed by atoms with Gasteiger partial charge in [-0.25, -0.2) is 18.0 Å². The van der Waals surface area contributed by atoms with Crippen LogP contribution in [0.25, 0.3) is 0 Å². The van der Waals surface area contributed by atoms with E-state index in [-0.39, 0.29) is 5.92 Å². The number of hydrogen-bond acceptors (Lipinski definition) is 2. The molecule has 0 aliphatic rings. The van der Waals surface area contributed by atoms with Gasteiger partial charge in [0.15, 0.2) is 17.5 Å². The van der Waals surface area contributed by atoms with Crippen LogP contribution in [0.15, 0.2) is 42.5 Å². The van der Waals surface area contributed by atoms with E-state index in [1.54, 1.807) is 44.2 Å². The predicted octanol–water partition coefficient (Wildman–Crippen LogP) is 3.89. The van der Waals surface area contributed by atoms with E-state index in [1.807, 2.05) is 0 Å². The van der Waals surface area contributed by atoms with Crippen molar-refractivity contribution < 1.29 is 22.8 Å². The zero-order chi connectivity index (χ0) is 19.3. The molecular weight excluding hydrogens is 347 g/mol. The highest BCUT2D eigenvalue weighted by Crippen LogP contribution is 2.20. The van der Waals surface area contributed by atoms with Crippen molar-refractivity contribution in [1.29, 1.82) is 0 Å². The second-order valence-electron chi connectivity index (χ2n) is 5.90. The Labute approximate surface area is 148 Å². The normalized spacial score (nSPS) is 11.8. The fourth-order valence-electron chi connectivity index (χ4n) is 2.20. The van der Waals surface area contributed by atoms with Gasteiger partial charge in [0.25, 0.3) is 0 Å². The zero-order valence-corrected chi connectivity index (χ0v) is 14.1. The van der Waals surface area contributed by atoms with Gasteiger partial charge >= 0.3 is 6.03 Å². The molecule has 2 aromatic rings. The van der Waals surface area contributed by atoms with Crippen molar-refractivity contribution in [2.45, 2.75) is 19.9 Å². The third kappa shape index (κ3) is 4.75. The number of benzene rings is 2. The van der Waals surface area contributed by atoms with Crippen LogP contribution in [-0.4, -0.2) is 18.0 Å². The van der Waals surface area contributed by atoms with E-state index in [0.29, 0.717) is 11.8 Å². The maximum atomic E-state index is 13.7. The minimum absolute atomic E-state index is 0.343. The molecule has 0 saturated heterocycles. The van der Waals surface area contributed by atoms with E-state index in [4.69, 9.17) is 0 Å². The molecule has 2 rings (SSSR count). The first-order chi connectivity index (χ1) is 12.3. The summed E-state index contributed by atoms with van der Waals surface area (Å²) >= 11 is 0. The monoisotopic (exact) mass is 365 g/mol. The van der Waals surface area contributed by atoms with E-state index in [9.17, 15) is 22.8 Å². The van der Waals surface area contributed by atoms with E-state index in [0.717, 1.165) is 6.07 Å². The summed E-state index contributed by atoms with van der Waals surface area (Å²) in [7, 11) is 0. The molecule has 0 fully saturated rings. The second kappa shape index (κ2) is 8.37. The van der Waals surface area contributed by atoms with Crippen LogP contribution in [0.1, 0.15) is 13.8 Å². The first kappa shape index (κ1) is 19.3. The average molecular weight is 365 g/mol. The molecule has 0 aliphatic carbocycles. The van der Waals surface area contributed by atoms with Crippen LogP contribution in [0, 0.1) is 23.4 Å². The molecule has 5 nitrogen and oxygen atoms in total. The number of halogens is 3. The average Bonchev–Trinajstić information content (AvgIpc) is 2.60. The molecule has 26 heavy (non-hydrogen) atoms. The number of amides is 3. The van der Waals surface area contributed by atoms with Crippen molar-refractivity contribution >= 4 is 23.3 Å². The van der Waals surface area contributed by atoms with Crippen LogP contribution in [0.5, 0.6) is 0 Å². The molecular formula is C18H18F3N3O2. The van der Waals surface area contributed by atoms with Crippen LogP contribution >= 0.6 is 0 Å². The van der Waals surface area contributed by atoms with Crippen LogP contribution in [0.4, 0.5) is 29.3 Å². The molecule has 0 spiro atoms. The lowest BCUT2D eigenvalue weighted by Crippen LogP contribution is -2.48. The Morgan fingerprint density at radius 2 is 1.54 bits per heavy atom. The molecule has 0 aliphatic heterocycles. The first-order valence-corrected chi connectivity index (χ1v) is 7.86. The highest BCUT2D eigenvalue weighted by molar-refractivity contribution is 5.99. The summed E-state index contributed by atoms with van der Waals surface area (Å²) in [4.78, 5) is 24.4. The van der Waals surface area contributed by atoms with Crippen molar-refractivity contribution in [1.82, 2.24) is 5.32 Å². The second-order valence-corrected chi connectivity index (χ2v) is 5.90. The summed E-state index contributed by atoms with van der Waals surface area (Å²) in [6.45, 7) is 3.35. The summed E-state index contributed by atoms with van der Waals surface area (Å²) in [5.41, 5.74) is 0.0179. The topological polar surface area (TPSA) is 70.2 Å². The number of para-hydroxylation sites is 1. The fourth-order valence-corrected chi connectivity index (χ4v) is 2.20. The molecule has 0 bridgehead atoms. The van der Waals surface area contributed by atoms with Crippen LogP contribution in [0.2, 0.25) is 0 Å². The largest absolute Gasteiger partial charge is 0.326 e. The lowest BCUT2D eigenvalue weighted by atomic mass is 10.0. The molecule has 3 amide bonds. The molecule has 138 valence electrons. The smallest absolute Gasteiger partial charge is 0.319 e. The zero-order valence-electron chi connectivity index (χ0n) is 14.1. The number of nitrogens with one attached hydrogen (secondary N) is 3. The van der Waals surface area contributed by atoms with E-state index in [1.165, 1.54) is 0 Å². The van der Waals surface area contributed by atoms with Gasteiger partial charge < -0.3 is 16.0 Å². The van der Waals surface area contributed by atoms with Gasteiger partial charge in [0.2, 0.25) is 5.91 Å². The quantitative estimate of drug-likeness (QED) is 0.704. The predicted molar refractivity (Wildman–Crippen MR) is 92.2 cm³/mol. The number of carbonyl (C=O) groups is 2. The van der Waals surface area contributed by atoms with Gasteiger partial charge in [-0.05, 0) is 30.2 Å². The maximum absolute atomic E-state index is 13.7. The van der Waals surface area contributed by atoms with E-state index < -0.39 is 41.1 Å². The van der Waals surface area contributed by atoms with E-state index >= 15 is 0 Å². The first-order valence-electron chi connectivity index (χ1n) is 7.86. The minimum Gasteiger partial charge on any atom is -0.326 e. The molecule has 0 radical (unpaired) electrons. The lowest BCUT2D eigenvalue weighted by molar-refractivity contribution is -0.118. The standard InChI is InChI=1S/C18H18F3N3O2/c1-10(2)16(24-18(26)22-11-6-4-3-5-7-11)17(25)23-13-9-8-12(19)14(20)15(13)21/h3-10,16H,1-2H3,(H,23,25)(H2,22,24,26). The molecule has 0 aromatic heterocycles. The van der Waals surface area contributed by atoms with Gasteiger partial charge in [-0.3, -0.25) is 4.79 Å². The van der Waals surface area contributed by atoms with Gasteiger partial charge in [0, 0.05) is 5.69 Å². The Hall–Kier alpha value is -3.03. The van der Waals surface area contributed by atoms with Crippen LogP contribution in [-0.2, 0) is 4.79 Å². The SMILES string of the molecule is CC(C)C(NC(=O)Nc1ccccc1)C(=O)Nc1ccc(F)c(F)c1F. The highest BCUT2D eigenvalue weighted by atomic mass is 19.2. The van der Waals surface area contributed by atoms with Gasteiger partial charge in [-0.2, -0.15) is 0 Å². The van der Waals surface area contributed by atoms with Crippen molar-refractivity contribution in [3.63, 3.8) is 0 Å². The third-order valence-electron chi connectivity index (χ3n) is 3.56. The summed E-state index contributed by atoms with van der Waals surface area (Å²) < 4.78 is 40.0. The molecule has 3 N–H and O–H groups in total. The maximum Gasteiger partial charge on any atom is 0.319 e. The van der Waals surface area contributed by atoms with Crippen molar-refractivity contribution in [3.8, 4) is 0 Å². The third-order valence-corrected chi connectivity index (χ3v) is 3.56. The van der Waals surface area contributed by atoms with Gasteiger partial charge in [-0.1, -0.05) is 32.0 Å². The fraction of sp³-hybridized carbons (Fsp3) is 0.222. The van der Waals surface area contributed by atoms with Crippen LogP contribution < -0.4 is 16.0 Å². The Morgan fingerprint density at radius 3 is 2.15 bits per heavy atom. The number of urea groups is 1. The molecule has 2 aromatic carbocycles. The Morgan fingerprint density at radius 1 is 0.885 bits per heavy atom. The summed E-state index contributed by atoms with van der Waals surface area (Å²) in [6.07, 6.45) is 0. The summed E-state index contributed by atoms with van der Waals surface area (Å²) in [5.74, 6) is -5.65. The Bertz CT molecular complexity index is 798. The van der Waals surface area contributed by atoms with Crippen molar-refractivity contribution in [3.05, 3.63) is 59.9 Å². The number of carbonyl (C=O) groups excluding carboxylic acids is 2. The summed E-state index contributed by atoms with van der Waals surface area (Å²) in [5, 5.41) is 7.20. The Balaban J connectivity index is 2.08. The summed E-state index contributed by atoms with van der Waals surface area (Å²) in [6, 6.07) is 8.54. The van der Waals surface area contributed by atoms with Gasteiger partial charge in [0.1, 0.15) is 6.04 Å². The Kier molecular flexibility index (Phi) is 6.21. The van der Waals surface area contributed by atoms with Gasteiger partial charge in [-0.15, -0.1) is 0 Å².